The van der Waals surface area contributed by atoms with E-state index in [-0.39, 0.29) is 31.2 Å². The number of nitrogens with zero attached hydrogens (tertiary/aromatic N) is 2. The Morgan fingerprint density at radius 1 is 1.15 bits per heavy atom. The summed E-state index contributed by atoms with van der Waals surface area (Å²) in [5.41, 5.74) is -0.454. The normalized spacial score (nSPS) is 20.3. The van der Waals surface area contributed by atoms with Crippen molar-refractivity contribution in [3.05, 3.63) is 29.6 Å². The molecule has 9 heteroatoms. The van der Waals surface area contributed by atoms with Crippen LogP contribution in [0.1, 0.15) is 13.8 Å². The molecule has 26 heavy (non-hydrogen) atoms. The van der Waals surface area contributed by atoms with Crippen molar-refractivity contribution >= 4 is 17.5 Å². The van der Waals surface area contributed by atoms with Gasteiger partial charge in [-0.05, 0) is 33.0 Å². The highest BCUT2D eigenvalue weighted by molar-refractivity contribution is 5.92. The maximum Gasteiger partial charge on any atom is 0.238 e. The predicted molar refractivity (Wildman–Crippen MR) is 89.0 cm³/mol. The van der Waals surface area contributed by atoms with Gasteiger partial charge >= 0.3 is 0 Å². The molecule has 1 aliphatic heterocycles. The molecule has 1 fully saturated rings. The zero-order valence-electron chi connectivity index (χ0n) is 14.9. The van der Waals surface area contributed by atoms with Gasteiger partial charge in [-0.2, -0.15) is 0 Å². The van der Waals surface area contributed by atoms with Crippen molar-refractivity contribution in [1.29, 1.82) is 0 Å². The molecule has 0 spiro atoms. The molecule has 1 aliphatic rings. The Kier molecular flexibility index (Phi) is 6.60. The highest BCUT2D eigenvalue weighted by Gasteiger charge is 2.26. The van der Waals surface area contributed by atoms with E-state index in [1.54, 1.807) is 11.9 Å². The van der Waals surface area contributed by atoms with Gasteiger partial charge in [-0.3, -0.25) is 14.5 Å². The molecule has 0 aromatic heterocycles. The first kappa shape index (κ1) is 20.2. The second-order valence-corrected chi connectivity index (χ2v) is 6.50. The van der Waals surface area contributed by atoms with Crippen molar-refractivity contribution in [3.63, 3.8) is 0 Å². The van der Waals surface area contributed by atoms with Crippen LogP contribution in [0.15, 0.2) is 12.1 Å². The number of ether oxygens (including phenoxy) is 1. The van der Waals surface area contributed by atoms with Crippen molar-refractivity contribution in [3.8, 4) is 0 Å². The largest absolute Gasteiger partial charge is 0.372 e. The van der Waals surface area contributed by atoms with Crippen LogP contribution in [0.25, 0.3) is 0 Å². The monoisotopic (exact) mass is 373 g/mol. The summed E-state index contributed by atoms with van der Waals surface area (Å²) in [6.07, 6.45) is -0.125. The second kappa shape index (κ2) is 8.50. The Balaban J connectivity index is 1.87. The van der Waals surface area contributed by atoms with Crippen LogP contribution in [-0.2, 0) is 14.3 Å². The van der Waals surface area contributed by atoms with Crippen LogP contribution in [0.3, 0.4) is 0 Å². The summed E-state index contributed by atoms with van der Waals surface area (Å²) in [7, 11) is 1.56. The minimum absolute atomic E-state index is 0.00682. The number of hydrogen-bond donors (Lipinski definition) is 1. The van der Waals surface area contributed by atoms with Crippen molar-refractivity contribution in [2.75, 3.05) is 38.5 Å². The summed E-state index contributed by atoms with van der Waals surface area (Å²) >= 11 is 0. The minimum atomic E-state index is -1.65. The van der Waals surface area contributed by atoms with Gasteiger partial charge in [0.2, 0.25) is 11.8 Å². The van der Waals surface area contributed by atoms with E-state index in [4.69, 9.17) is 4.74 Å². The summed E-state index contributed by atoms with van der Waals surface area (Å²) < 4.78 is 45.2. The molecular formula is C17H22F3N3O3. The molecule has 1 N–H and O–H groups in total. The smallest absolute Gasteiger partial charge is 0.238 e. The van der Waals surface area contributed by atoms with Gasteiger partial charge in [0.15, 0.2) is 17.5 Å². The summed E-state index contributed by atoms with van der Waals surface area (Å²) in [6, 6.07) is 1.66. The van der Waals surface area contributed by atoms with Crippen LogP contribution in [0.2, 0.25) is 0 Å². The number of anilines is 1. The fourth-order valence-corrected chi connectivity index (χ4v) is 2.83. The standard InChI is InChI=1S/C17H22F3N3O3/c1-10-6-23(7-11(2)26-10)15(25)9-22(3)8-14(24)21-13-5-4-12(18)16(19)17(13)20/h4-5,10-11H,6-9H2,1-3H3,(H,21,24)/t10-,11+. The van der Waals surface area contributed by atoms with E-state index in [1.165, 1.54) is 4.90 Å². The number of nitrogens with one attached hydrogen (secondary N) is 1. The number of carbonyl (C=O) groups is 2. The molecule has 0 radical (unpaired) electrons. The van der Waals surface area contributed by atoms with Crippen LogP contribution in [0.4, 0.5) is 18.9 Å². The second-order valence-electron chi connectivity index (χ2n) is 6.50. The predicted octanol–water partition coefficient (Wildman–Crippen LogP) is 1.61. The summed E-state index contributed by atoms with van der Waals surface area (Å²) in [6.45, 7) is 4.49. The number of likely N-dealkylation sites (N-methyl/N-ethyl adjacent to an activating group) is 1. The molecule has 2 rings (SSSR count). The Morgan fingerprint density at radius 2 is 1.77 bits per heavy atom. The molecule has 2 atom stereocenters. The van der Waals surface area contributed by atoms with Gasteiger partial charge in [-0.15, -0.1) is 0 Å². The van der Waals surface area contributed by atoms with Crippen molar-refractivity contribution in [2.24, 2.45) is 0 Å². The lowest BCUT2D eigenvalue weighted by molar-refractivity contribution is -0.144. The fourth-order valence-electron chi connectivity index (χ4n) is 2.83. The number of benzene rings is 1. The molecule has 0 bridgehead atoms. The zero-order valence-corrected chi connectivity index (χ0v) is 14.9. The average molecular weight is 373 g/mol. The van der Waals surface area contributed by atoms with Gasteiger partial charge in [0.05, 0.1) is 31.0 Å². The van der Waals surface area contributed by atoms with E-state index < -0.39 is 29.0 Å². The maximum atomic E-state index is 13.6. The maximum absolute atomic E-state index is 13.6. The molecule has 144 valence electrons. The van der Waals surface area contributed by atoms with Crippen LogP contribution in [0.5, 0.6) is 0 Å². The first-order valence-electron chi connectivity index (χ1n) is 8.22. The van der Waals surface area contributed by atoms with Crippen LogP contribution < -0.4 is 5.32 Å². The topological polar surface area (TPSA) is 61.9 Å². The molecule has 6 nitrogen and oxygen atoms in total. The number of carbonyl (C=O) groups excluding carboxylic acids is 2. The van der Waals surface area contributed by atoms with E-state index in [1.807, 2.05) is 13.8 Å². The Labute approximate surface area is 149 Å². The average Bonchev–Trinajstić information content (AvgIpc) is 2.54. The first-order valence-corrected chi connectivity index (χ1v) is 8.22. The number of morpholine rings is 1. The number of rotatable bonds is 5. The van der Waals surface area contributed by atoms with Gasteiger partial charge in [0, 0.05) is 13.1 Å². The van der Waals surface area contributed by atoms with Gasteiger partial charge in [-0.1, -0.05) is 0 Å². The molecule has 1 heterocycles. The van der Waals surface area contributed by atoms with Gasteiger partial charge in [0.1, 0.15) is 0 Å². The van der Waals surface area contributed by atoms with Crippen molar-refractivity contribution in [1.82, 2.24) is 9.80 Å². The highest BCUT2D eigenvalue weighted by Crippen LogP contribution is 2.19. The quantitative estimate of drug-likeness (QED) is 0.797. The third kappa shape index (κ3) is 5.18. The molecule has 1 saturated heterocycles. The van der Waals surface area contributed by atoms with Crippen LogP contribution >= 0.6 is 0 Å². The van der Waals surface area contributed by atoms with Gasteiger partial charge in [0.25, 0.3) is 0 Å². The first-order chi connectivity index (χ1) is 12.2. The Hall–Kier alpha value is -2.13. The van der Waals surface area contributed by atoms with E-state index in [0.29, 0.717) is 13.1 Å². The lowest BCUT2D eigenvalue weighted by atomic mass is 10.2. The summed E-state index contributed by atoms with van der Waals surface area (Å²) in [4.78, 5) is 27.4. The Morgan fingerprint density at radius 3 is 2.38 bits per heavy atom. The molecule has 0 saturated carbocycles. The summed E-state index contributed by atoms with van der Waals surface area (Å²) in [5, 5.41) is 2.17. The molecule has 1 aromatic carbocycles. The third-order valence-electron chi connectivity index (χ3n) is 3.90. The number of hydrogen-bond acceptors (Lipinski definition) is 4. The van der Waals surface area contributed by atoms with Crippen molar-refractivity contribution in [2.45, 2.75) is 26.1 Å². The van der Waals surface area contributed by atoms with Crippen LogP contribution in [-0.4, -0.2) is 67.0 Å². The fraction of sp³-hybridized carbons (Fsp3) is 0.529. The lowest BCUT2D eigenvalue weighted by Gasteiger charge is -2.36. The molecule has 1 aromatic rings. The molecule has 0 unspecified atom stereocenters. The zero-order chi connectivity index (χ0) is 19.4. The highest BCUT2D eigenvalue weighted by atomic mass is 19.2. The number of amides is 2. The number of halogens is 3. The van der Waals surface area contributed by atoms with E-state index in [9.17, 15) is 22.8 Å². The summed E-state index contributed by atoms with van der Waals surface area (Å²) in [5.74, 6) is -5.25. The minimum Gasteiger partial charge on any atom is -0.372 e. The molecule has 0 aliphatic carbocycles. The Bertz CT molecular complexity index is 677. The third-order valence-corrected chi connectivity index (χ3v) is 3.90. The van der Waals surface area contributed by atoms with E-state index in [2.05, 4.69) is 5.32 Å². The van der Waals surface area contributed by atoms with Crippen molar-refractivity contribution < 1.29 is 27.5 Å². The van der Waals surface area contributed by atoms with E-state index in [0.717, 1.165) is 12.1 Å². The SMILES string of the molecule is C[C@@H]1CN(C(=O)CN(C)CC(=O)Nc2ccc(F)c(F)c2F)C[C@H](C)O1. The van der Waals surface area contributed by atoms with Gasteiger partial charge < -0.3 is 15.0 Å². The van der Waals surface area contributed by atoms with Gasteiger partial charge in [-0.25, -0.2) is 13.2 Å². The van der Waals surface area contributed by atoms with Crippen LogP contribution in [0, 0.1) is 17.5 Å². The lowest BCUT2D eigenvalue weighted by Crippen LogP contribution is -2.51. The van der Waals surface area contributed by atoms with E-state index >= 15 is 0 Å². The molecule has 2 amide bonds. The molecular weight excluding hydrogens is 351 g/mol.